The lowest BCUT2D eigenvalue weighted by atomic mass is 9.85. The Morgan fingerprint density at radius 3 is 2.38 bits per heavy atom. The molecule has 0 aliphatic carbocycles. The molecule has 26 heavy (non-hydrogen) atoms. The predicted molar refractivity (Wildman–Crippen MR) is 95.3 cm³/mol. The molecule has 137 valence electrons. The van der Waals surface area contributed by atoms with Crippen molar-refractivity contribution >= 4 is 5.91 Å². The molecule has 1 amide bonds. The van der Waals surface area contributed by atoms with E-state index in [0.29, 0.717) is 44.3 Å². The molecule has 2 aromatic carbocycles. The first kappa shape index (κ1) is 18.5. The van der Waals surface area contributed by atoms with Gasteiger partial charge in [-0.15, -0.1) is 0 Å². The smallest absolute Gasteiger partial charge is 0.222 e. The van der Waals surface area contributed by atoms with Gasteiger partial charge in [-0.2, -0.15) is 0 Å². The maximum Gasteiger partial charge on any atom is 0.222 e. The molecular weight excluding hydrogens is 336 g/mol. The Morgan fingerprint density at radius 2 is 1.73 bits per heavy atom. The van der Waals surface area contributed by atoms with E-state index in [1.807, 2.05) is 0 Å². The van der Waals surface area contributed by atoms with Crippen molar-refractivity contribution in [1.29, 1.82) is 0 Å². The molecule has 1 aliphatic heterocycles. The average molecular weight is 358 g/mol. The van der Waals surface area contributed by atoms with E-state index in [0.717, 1.165) is 5.56 Å². The number of amides is 1. The predicted octanol–water partition coefficient (Wildman–Crippen LogP) is 3.50. The third kappa shape index (κ3) is 4.67. The number of likely N-dealkylation sites (tertiary alicyclic amines) is 1. The number of aliphatic hydroxyl groups is 1. The number of piperidine rings is 1. The van der Waals surface area contributed by atoms with Gasteiger partial charge in [0, 0.05) is 25.9 Å². The highest BCUT2D eigenvalue weighted by molar-refractivity contribution is 5.76. The largest absolute Gasteiger partial charge is 0.389 e. The first-order valence-corrected chi connectivity index (χ1v) is 8.80. The standard InChI is InChI=1S/C21H22F2NO2/c22-18-8-5-16(6-9-18)7-10-20(25)24-13-11-21(26,12-14-24)15-17-3-1-2-4-19(17)23/h1-6,8-9,15,26H,7,10-14H2. The van der Waals surface area contributed by atoms with E-state index < -0.39 is 5.60 Å². The number of rotatable bonds is 5. The maximum atomic E-state index is 13.8. The third-order valence-corrected chi connectivity index (χ3v) is 4.85. The topological polar surface area (TPSA) is 40.5 Å². The van der Waals surface area contributed by atoms with Crippen LogP contribution in [-0.4, -0.2) is 34.6 Å². The molecule has 1 N–H and O–H groups in total. The Bertz CT molecular complexity index is 753. The normalized spacial score (nSPS) is 16.5. The molecule has 1 fully saturated rings. The molecule has 0 unspecified atom stereocenters. The highest BCUT2D eigenvalue weighted by atomic mass is 19.1. The van der Waals surface area contributed by atoms with E-state index in [4.69, 9.17) is 0 Å². The minimum atomic E-state index is -1.10. The minimum Gasteiger partial charge on any atom is -0.389 e. The molecule has 1 radical (unpaired) electrons. The highest BCUT2D eigenvalue weighted by Gasteiger charge is 2.34. The summed E-state index contributed by atoms with van der Waals surface area (Å²) >= 11 is 0. The zero-order chi connectivity index (χ0) is 18.6. The zero-order valence-corrected chi connectivity index (χ0v) is 14.5. The van der Waals surface area contributed by atoms with Gasteiger partial charge in [-0.3, -0.25) is 4.79 Å². The van der Waals surface area contributed by atoms with Gasteiger partial charge in [-0.05, 0) is 48.6 Å². The van der Waals surface area contributed by atoms with Crippen LogP contribution in [0.5, 0.6) is 0 Å². The molecule has 0 bridgehead atoms. The molecule has 1 heterocycles. The Kier molecular flexibility index (Phi) is 5.67. The van der Waals surface area contributed by atoms with Gasteiger partial charge >= 0.3 is 0 Å². The van der Waals surface area contributed by atoms with Crippen LogP contribution in [0, 0.1) is 18.1 Å². The van der Waals surface area contributed by atoms with Crippen molar-refractivity contribution < 1.29 is 18.7 Å². The van der Waals surface area contributed by atoms with Crippen molar-refractivity contribution in [2.75, 3.05) is 13.1 Å². The summed E-state index contributed by atoms with van der Waals surface area (Å²) in [5.41, 5.74) is 0.197. The van der Waals surface area contributed by atoms with Crippen LogP contribution in [0.15, 0.2) is 48.5 Å². The van der Waals surface area contributed by atoms with Crippen LogP contribution in [0.4, 0.5) is 8.78 Å². The molecule has 1 aliphatic rings. The van der Waals surface area contributed by atoms with E-state index in [1.54, 1.807) is 41.7 Å². The Labute approximate surface area is 152 Å². The Hall–Kier alpha value is -2.27. The zero-order valence-electron chi connectivity index (χ0n) is 14.5. The van der Waals surface area contributed by atoms with E-state index in [2.05, 4.69) is 0 Å². The maximum absolute atomic E-state index is 13.8. The van der Waals surface area contributed by atoms with Crippen LogP contribution in [0.25, 0.3) is 0 Å². The first-order chi connectivity index (χ1) is 12.5. The van der Waals surface area contributed by atoms with Crippen LogP contribution in [-0.2, 0) is 11.2 Å². The van der Waals surface area contributed by atoms with Crippen molar-refractivity contribution in [2.24, 2.45) is 0 Å². The van der Waals surface area contributed by atoms with Crippen molar-refractivity contribution in [1.82, 2.24) is 4.90 Å². The van der Waals surface area contributed by atoms with E-state index >= 15 is 0 Å². The number of halogens is 2. The molecule has 3 rings (SSSR count). The van der Waals surface area contributed by atoms with Crippen LogP contribution in [0.1, 0.15) is 30.4 Å². The van der Waals surface area contributed by atoms with Crippen LogP contribution < -0.4 is 0 Å². The number of benzene rings is 2. The lowest BCUT2D eigenvalue weighted by molar-refractivity contribution is -0.134. The summed E-state index contributed by atoms with van der Waals surface area (Å²) in [6.07, 6.45) is 3.22. The quantitative estimate of drug-likeness (QED) is 0.889. The molecule has 1 saturated heterocycles. The lowest BCUT2D eigenvalue weighted by Crippen LogP contribution is -2.47. The monoisotopic (exact) mass is 358 g/mol. The number of carbonyl (C=O) groups is 1. The minimum absolute atomic E-state index is 0.0160. The summed E-state index contributed by atoms with van der Waals surface area (Å²) in [5.74, 6) is -0.637. The fourth-order valence-corrected chi connectivity index (χ4v) is 3.23. The SMILES string of the molecule is O=C(CCc1ccc(F)cc1)N1CCC(O)([CH]c2ccccc2F)CC1. The number of nitrogens with zero attached hydrogens (tertiary/aromatic N) is 1. The molecule has 0 aromatic heterocycles. The summed E-state index contributed by atoms with van der Waals surface area (Å²) in [5, 5.41) is 10.7. The number of aryl methyl sites for hydroxylation is 1. The highest BCUT2D eigenvalue weighted by Crippen LogP contribution is 2.29. The summed E-state index contributed by atoms with van der Waals surface area (Å²) < 4.78 is 26.7. The fourth-order valence-electron chi connectivity index (χ4n) is 3.23. The molecule has 3 nitrogen and oxygen atoms in total. The number of carbonyl (C=O) groups excluding carboxylic acids is 1. The second kappa shape index (κ2) is 7.96. The second-order valence-electron chi connectivity index (χ2n) is 6.78. The van der Waals surface area contributed by atoms with E-state index in [9.17, 15) is 18.7 Å². The molecule has 0 spiro atoms. The molecule has 5 heteroatoms. The van der Waals surface area contributed by atoms with Crippen molar-refractivity contribution in [3.63, 3.8) is 0 Å². The van der Waals surface area contributed by atoms with Crippen LogP contribution in [0.3, 0.4) is 0 Å². The fraction of sp³-hybridized carbons (Fsp3) is 0.333. The summed E-state index contributed by atoms with van der Waals surface area (Å²) in [6.45, 7) is 0.868. The number of hydrogen-bond donors (Lipinski definition) is 1. The Morgan fingerprint density at radius 1 is 1.08 bits per heavy atom. The lowest BCUT2D eigenvalue weighted by Gasteiger charge is -2.38. The Balaban J connectivity index is 1.50. The van der Waals surface area contributed by atoms with Gasteiger partial charge in [0.25, 0.3) is 0 Å². The van der Waals surface area contributed by atoms with Gasteiger partial charge in [-0.1, -0.05) is 30.3 Å². The van der Waals surface area contributed by atoms with Gasteiger partial charge in [-0.25, -0.2) is 8.78 Å². The van der Waals surface area contributed by atoms with Gasteiger partial charge in [0.05, 0.1) is 5.60 Å². The summed E-state index contributed by atoms with van der Waals surface area (Å²) in [6, 6.07) is 12.5. The molecule has 0 atom stereocenters. The average Bonchev–Trinajstić information content (AvgIpc) is 2.63. The van der Waals surface area contributed by atoms with Crippen molar-refractivity contribution in [3.8, 4) is 0 Å². The molecular formula is C21H22F2NO2. The van der Waals surface area contributed by atoms with Crippen LogP contribution >= 0.6 is 0 Å². The summed E-state index contributed by atoms with van der Waals surface area (Å²) in [7, 11) is 0. The van der Waals surface area contributed by atoms with Crippen molar-refractivity contribution in [3.05, 3.63) is 77.7 Å². The first-order valence-electron chi connectivity index (χ1n) is 8.80. The third-order valence-electron chi connectivity index (χ3n) is 4.85. The summed E-state index contributed by atoms with van der Waals surface area (Å²) in [4.78, 5) is 14.1. The second-order valence-corrected chi connectivity index (χ2v) is 6.78. The van der Waals surface area contributed by atoms with Gasteiger partial charge < -0.3 is 10.0 Å². The number of hydrogen-bond acceptors (Lipinski definition) is 2. The van der Waals surface area contributed by atoms with Gasteiger partial charge in [0.1, 0.15) is 11.6 Å². The molecule has 2 aromatic rings. The van der Waals surface area contributed by atoms with Gasteiger partial charge in [0.2, 0.25) is 5.91 Å². The van der Waals surface area contributed by atoms with E-state index in [1.165, 1.54) is 18.2 Å². The van der Waals surface area contributed by atoms with Crippen molar-refractivity contribution in [2.45, 2.75) is 31.3 Å². The van der Waals surface area contributed by atoms with E-state index in [-0.39, 0.29) is 17.5 Å². The van der Waals surface area contributed by atoms with Crippen LogP contribution in [0.2, 0.25) is 0 Å². The van der Waals surface area contributed by atoms with Gasteiger partial charge in [0.15, 0.2) is 0 Å². The molecule has 0 saturated carbocycles.